The number of aryl methyl sites for hydroxylation is 1. The molecule has 0 radical (unpaired) electrons. The summed E-state index contributed by atoms with van der Waals surface area (Å²) in [6.45, 7) is 2.20. The minimum atomic E-state index is -0.0423. The summed E-state index contributed by atoms with van der Waals surface area (Å²) in [7, 11) is 0. The van der Waals surface area contributed by atoms with E-state index in [-0.39, 0.29) is 6.04 Å². The Balaban J connectivity index is 2.25. The number of hydrogen-bond acceptors (Lipinski definition) is 2. The van der Waals surface area contributed by atoms with Crippen LogP contribution in [0.3, 0.4) is 0 Å². The Hall–Kier alpha value is -1.25. The molecule has 0 bridgehead atoms. The highest BCUT2D eigenvalue weighted by Crippen LogP contribution is 2.28. The van der Waals surface area contributed by atoms with Crippen molar-refractivity contribution in [2.24, 2.45) is 5.73 Å². The van der Waals surface area contributed by atoms with Crippen LogP contribution in [0.1, 0.15) is 36.1 Å². The van der Waals surface area contributed by atoms with E-state index in [4.69, 9.17) is 5.73 Å². The van der Waals surface area contributed by atoms with Crippen LogP contribution in [0.25, 0.3) is 0 Å². The number of benzene rings is 2. The molecule has 0 fully saturated rings. The van der Waals surface area contributed by atoms with Gasteiger partial charge in [-0.05, 0) is 35.4 Å². The van der Waals surface area contributed by atoms with Crippen molar-refractivity contribution >= 4 is 11.8 Å². The van der Waals surface area contributed by atoms with Gasteiger partial charge in [0.2, 0.25) is 0 Å². The maximum atomic E-state index is 6.40. The fourth-order valence-corrected chi connectivity index (χ4v) is 2.93. The molecular formula is C17H21NS. The van der Waals surface area contributed by atoms with Gasteiger partial charge in [0.05, 0.1) is 6.04 Å². The lowest BCUT2D eigenvalue weighted by atomic mass is 9.98. The standard InChI is InChI=1S/C17H21NS/c1-3-6-13-9-11-14(12-10-13)17(18)15-7-4-5-8-16(15)19-2/h4-5,7-12,17H,3,6,18H2,1-2H3. The van der Waals surface area contributed by atoms with Crippen LogP contribution in [0.15, 0.2) is 53.4 Å². The van der Waals surface area contributed by atoms with Gasteiger partial charge in [0, 0.05) is 4.90 Å². The van der Waals surface area contributed by atoms with Gasteiger partial charge < -0.3 is 5.73 Å². The van der Waals surface area contributed by atoms with E-state index in [0.717, 1.165) is 6.42 Å². The lowest BCUT2D eigenvalue weighted by Gasteiger charge is -2.16. The molecule has 2 N–H and O–H groups in total. The van der Waals surface area contributed by atoms with Gasteiger partial charge in [-0.3, -0.25) is 0 Å². The second-order valence-electron chi connectivity index (χ2n) is 4.71. The summed E-state index contributed by atoms with van der Waals surface area (Å²) in [5, 5.41) is 0. The molecule has 2 aromatic carbocycles. The lowest BCUT2D eigenvalue weighted by molar-refractivity contribution is 0.844. The summed E-state index contributed by atoms with van der Waals surface area (Å²) in [5.41, 5.74) is 10.2. The zero-order valence-corrected chi connectivity index (χ0v) is 12.4. The van der Waals surface area contributed by atoms with Crippen molar-refractivity contribution in [2.45, 2.75) is 30.7 Å². The molecule has 0 amide bonds. The maximum absolute atomic E-state index is 6.40. The number of rotatable bonds is 5. The Morgan fingerprint density at radius 1 is 1.05 bits per heavy atom. The monoisotopic (exact) mass is 271 g/mol. The van der Waals surface area contributed by atoms with Crippen LogP contribution in [-0.2, 0) is 6.42 Å². The van der Waals surface area contributed by atoms with E-state index in [0.29, 0.717) is 0 Å². The Morgan fingerprint density at radius 3 is 2.37 bits per heavy atom. The highest BCUT2D eigenvalue weighted by atomic mass is 32.2. The van der Waals surface area contributed by atoms with E-state index in [2.05, 4.69) is 61.7 Å². The van der Waals surface area contributed by atoms with E-state index in [1.807, 2.05) is 0 Å². The molecular weight excluding hydrogens is 250 g/mol. The van der Waals surface area contributed by atoms with Crippen molar-refractivity contribution in [3.05, 3.63) is 65.2 Å². The molecule has 0 aliphatic heterocycles. The molecule has 0 heterocycles. The van der Waals surface area contributed by atoms with Gasteiger partial charge in [-0.1, -0.05) is 55.8 Å². The Bertz CT molecular complexity index is 519. The van der Waals surface area contributed by atoms with Gasteiger partial charge in [-0.2, -0.15) is 0 Å². The minimum Gasteiger partial charge on any atom is -0.320 e. The summed E-state index contributed by atoms with van der Waals surface area (Å²) < 4.78 is 0. The van der Waals surface area contributed by atoms with Crippen LogP contribution >= 0.6 is 11.8 Å². The lowest BCUT2D eigenvalue weighted by Crippen LogP contribution is -2.12. The van der Waals surface area contributed by atoms with Gasteiger partial charge in [0.25, 0.3) is 0 Å². The normalized spacial score (nSPS) is 12.4. The molecule has 0 aliphatic carbocycles. The molecule has 100 valence electrons. The van der Waals surface area contributed by atoms with E-state index >= 15 is 0 Å². The predicted octanol–water partition coefficient (Wildman–Crippen LogP) is 4.41. The van der Waals surface area contributed by atoms with Gasteiger partial charge in [-0.25, -0.2) is 0 Å². The summed E-state index contributed by atoms with van der Waals surface area (Å²) in [5.74, 6) is 0. The average molecular weight is 271 g/mol. The summed E-state index contributed by atoms with van der Waals surface area (Å²) in [6.07, 6.45) is 4.41. The SMILES string of the molecule is CCCc1ccc(C(N)c2ccccc2SC)cc1. The number of thioether (sulfide) groups is 1. The Kier molecular flexibility index (Phi) is 5.06. The fraction of sp³-hybridized carbons (Fsp3) is 0.294. The van der Waals surface area contributed by atoms with Crippen LogP contribution < -0.4 is 5.73 Å². The van der Waals surface area contributed by atoms with E-state index in [9.17, 15) is 0 Å². The second-order valence-corrected chi connectivity index (χ2v) is 5.56. The van der Waals surface area contributed by atoms with Crippen molar-refractivity contribution in [3.8, 4) is 0 Å². The largest absolute Gasteiger partial charge is 0.320 e. The molecule has 1 nitrogen and oxygen atoms in total. The van der Waals surface area contributed by atoms with Crippen LogP contribution in [0.2, 0.25) is 0 Å². The molecule has 0 saturated carbocycles. The molecule has 2 heteroatoms. The van der Waals surface area contributed by atoms with Crippen molar-refractivity contribution in [3.63, 3.8) is 0 Å². The zero-order valence-electron chi connectivity index (χ0n) is 11.6. The molecule has 0 aromatic heterocycles. The molecule has 0 spiro atoms. The zero-order chi connectivity index (χ0) is 13.7. The highest BCUT2D eigenvalue weighted by molar-refractivity contribution is 7.98. The van der Waals surface area contributed by atoms with Gasteiger partial charge in [-0.15, -0.1) is 11.8 Å². The summed E-state index contributed by atoms with van der Waals surface area (Å²) >= 11 is 1.75. The summed E-state index contributed by atoms with van der Waals surface area (Å²) in [4.78, 5) is 1.26. The average Bonchev–Trinajstić information content (AvgIpc) is 2.47. The quantitative estimate of drug-likeness (QED) is 0.815. The van der Waals surface area contributed by atoms with Crippen molar-refractivity contribution in [1.82, 2.24) is 0 Å². The molecule has 1 atom stereocenters. The first-order valence-corrected chi connectivity index (χ1v) is 7.96. The predicted molar refractivity (Wildman–Crippen MR) is 84.7 cm³/mol. The molecule has 2 aromatic rings. The van der Waals surface area contributed by atoms with E-state index < -0.39 is 0 Å². The van der Waals surface area contributed by atoms with Crippen LogP contribution in [0, 0.1) is 0 Å². The van der Waals surface area contributed by atoms with Gasteiger partial charge in [0.1, 0.15) is 0 Å². The van der Waals surface area contributed by atoms with Crippen molar-refractivity contribution < 1.29 is 0 Å². The number of hydrogen-bond donors (Lipinski definition) is 1. The van der Waals surface area contributed by atoms with Gasteiger partial charge >= 0.3 is 0 Å². The van der Waals surface area contributed by atoms with Crippen LogP contribution in [0.4, 0.5) is 0 Å². The van der Waals surface area contributed by atoms with Crippen LogP contribution in [-0.4, -0.2) is 6.26 Å². The maximum Gasteiger partial charge on any atom is 0.0562 e. The highest BCUT2D eigenvalue weighted by Gasteiger charge is 2.12. The molecule has 0 saturated heterocycles. The minimum absolute atomic E-state index is 0.0423. The van der Waals surface area contributed by atoms with Crippen molar-refractivity contribution in [1.29, 1.82) is 0 Å². The van der Waals surface area contributed by atoms with Gasteiger partial charge in [0.15, 0.2) is 0 Å². The van der Waals surface area contributed by atoms with Crippen LogP contribution in [0.5, 0.6) is 0 Å². The van der Waals surface area contributed by atoms with E-state index in [1.54, 1.807) is 11.8 Å². The molecule has 2 rings (SSSR count). The second kappa shape index (κ2) is 6.78. The fourth-order valence-electron chi connectivity index (χ4n) is 2.28. The Labute approximate surface area is 120 Å². The van der Waals surface area contributed by atoms with E-state index in [1.165, 1.54) is 28.0 Å². The third kappa shape index (κ3) is 3.40. The van der Waals surface area contributed by atoms with Crippen molar-refractivity contribution in [2.75, 3.05) is 6.26 Å². The smallest absolute Gasteiger partial charge is 0.0562 e. The first-order valence-electron chi connectivity index (χ1n) is 6.73. The first kappa shape index (κ1) is 14.2. The Morgan fingerprint density at radius 2 is 1.74 bits per heavy atom. The number of nitrogens with two attached hydrogens (primary N) is 1. The molecule has 0 aliphatic rings. The topological polar surface area (TPSA) is 26.0 Å². The first-order chi connectivity index (χ1) is 9.26. The third-order valence-corrected chi connectivity index (χ3v) is 4.16. The third-order valence-electron chi connectivity index (χ3n) is 3.35. The summed E-state index contributed by atoms with van der Waals surface area (Å²) in [6, 6.07) is 17.0. The molecule has 19 heavy (non-hydrogen) atoms. The molecule has 1 unspecified atom stereocenters.